The van der Waals surface area contributed by atoms with Gasteiger partial charge >= 0.3 is 11.9 Å². The Labute approximate surface area is 104 Å². The largest absolute Gasteiger partial charge is 0.481 e. The summed E-state index contributed by atoms with van der Waals surface area (Å²) >= 11 is 0. The fourth-order valence-electron chi connectivity index (χ4n) is 1.50. The van der Waals surface area contributed by atoms with Gasteiger partial charge in [-0.25, -0.2) is 0 Å². The average Bonchev–Trinajstić information content (AvgIpc) is 2.36. The number of Topliss-reactive ketones (excluding diaryl/α,β-unsaturated/α-hetero) is 1. The summed E-state index contributed by atoms with van der Waals surface area (Å²) in [6, 6.07) is 8.10. The average molecular weight is 250 g/mol. The van der Waals surface area contributed by atoms with Crippen LogP contribution >= 0.6 is 0 Å². The highest BCUT2D eigenvalue weighted by Crippen LogP contribution is 2.14. The standard InChI is InChI=1S/C13H14O5/c1-2-18-13(17)10(8-11(14)15)12(16)9-6-4-3-5-7-9/h3-7,10H,2,8H2,1H3,(H,14,15). The summed E-state index contributed by atoms with van der Waals surface area (Å²) in [4.78, 5) is 34.3. The molecule has 5 nitrogen and oxygen atoms in total. The molecule has 18 heavy (non-hydrogen) atoms. The monoisotopic (exact) mass is 250 g/mol. The summed E-state index contributed by atoms with van der Waals surface area (Å²) in [6.07, 6.45) is -0.563. The Balaban J connectivity index is 2.92. The third-order valence-electron chi connectivity index (χ3n) is 2.32. The van der Waals surface area contributed by atoms with Crippen LogP contribution < -0.4 is 0 Å². The minimum absolute atomic E-state index is 0.108. The van der Waals surface area contributed by atoms with Gasteiger partial charge in [0, 0.05) is 5.56 Å². The summed E-state index contributed by atoms with van der Waals surface area (Å²) in [6.45, 7) is 1.71. The van der Waals surface area contributed by atoms with Gasteiger partial charge in [0.1, 0.15) is 5.92 Å². The molecule has 1 unspecified atom stereocenters. The van der Waals surface area contributed by atoms with E-state index >= 15 is 0 Å². The van der Waals surface area contributed by atoms with Crippen LogP contribution in [0.25, 0.3) is 0 Å². The molecule has 0 aliphatic rings. The smallest absolute Gasteiger partial charge is 0.317 e. The van der Waals surface area contributed by atoms with Crippen LogP contribution in [0.5, 0.6) is 0 Å². The maximum Gasteiger partial charge on any atom is 0.317 e. The number of aliphatic carboxylic acids is 1. The number of rotatable bonds is 6. The number of benzene rings is 1. The molecular formula is C13H14O5. The first kappa shape index (κ1) is 13.9. The number of carboxylic acid groups (broad SMARTS) is 1. The minimum atomic E-state index is -1.29. The molecule has 1 rings (SSSR count). The molecule has 0 radical (unpaired) electrons. The van der Waals surface area contributed by atoms with Crippen LogP contribution in [-0.4, -0.2) is 29.4 Å². The molecule has 0 aliphatic carbocycles. The lowest BCUT2D eigenvalue weighted by Crippen LogP contribution is -2.28. The van der Waals surface area contributed by atoms with Gasteiger partial charge in [0.25, 0.3) is 0 Å². The van der Waals surface area contributed by atoms with Crippen molar-refractivity contribution in [1.29, 1.82) is 0 Å². The molecule has 0 aromatic heterocycles. The molecule has 0 bridgehead atoms. The van der Waals surface area contributed by atoms with E-state index in [0.717, 1.165) is 0 Å². The lowest BCUT2D eigenvalue weighted by molar-refractivity contribution is -0.150. The molecule has 0 aliphatic heterocycles. The van der Waals surface area contributed by atoms with Gasteiger partial charge in [-0.05, 0) is 6.92 Å². The molecule has 0 fully saturated rings. The Morgan fingerprint density at radius 2 is 1.83 bits per heavy atom. The number of esters is 1. The molecule has 1 atom stereocenters. The Morgan fingerprint density at radius 3 is 2.33 bits per heavy atom. The third-order valence-corrected chi connectivity index (χ3v) is 2.32. The third kappa shape index (κ3) is 3.69. The summed E-state index contributed by atoms with van der Waals surface area (Å²) in [5, 5.41) is 8.74. The highest BCUT2D eigenvalue weighted by atomic mass is 16.5. The Bertz CT molecular complexity index is 438. The van der Waals surface area contributed by atoms with Gasteiger partial charge in [0.2, 0.25) is 0 Å². The van der Waals surface area contributed by atoms with E-state index in [9.17, 15) is 14.4 Å². The van der Waals surface area contributed by atoms with E-state index in [2.05, 4.69) is 0 Å². The van der Waals surface area contributed by atoms with E-state index in [4.69, 9.17) is 9.84 Å². The van der Waals surface area contributed by atoms with Gasteiger partial charge in [-0.15, -0.1) is 0 Å². The van der Waals surface area contributed by atoms with Gasteiger partial charge in [0.15, 0.2) is 5.78 Å². The zero-order chi connectivity index (χ0) is 13.5. The molecule has 1 aromatic rings. The van der Waals surface area contributed by atoms with Crippen LogP contribution in [-0.2, 0) is 14.3 Å². The number of ether oxygens (including phenoxy) is 1. The maximum atomic E-state index is 12.0. The van der Waals surface area contributed by atoms with Crippen LogP contribution in [0, 0.1) is 5.92 Å². The lowest BCUT2D eigenvalue weighted by atomic mass is 9.95. The molecule has 0 saturated heterocycles. The SMILES string of the molecule is CCOC(=O)C(CC(=O)O)C(=O)c1ccccc1. The molecule has 0 saturated carbocycles. The molecule has 0 heterocycles. The zero-order valence-corrected chi connectivity index (χ0v) is 9.96. The van der Waals surface area contributed by atoms with E-state index in [1.165, 1.54) is 12.1 Å². The van der Waals surface area contributed by atoms with E-state index in [0.29, 0.717) is 5.56 Å². The van der Waals surface area contributed by atoms with Crippen LogP contribution in [0.4, 0.5) is 0 Å². The molecule has 1 N–H and O–H groups in total. The van der Waals surface area contributed by atoms with Crippen molar-refractivity contribution in [2.75, 3.05) is 6.61 Å². The zero-order valence-electron chi connectivity index (χ0n) is 9.96. The molecule has 96 valence electrons. The van der Waals surface area contributed by atoms with Crippen molar-refractivity contribution in [3.05, 3.63) is 35.9 Å². The van der Waals surface area contributed by atoms with Crippen LogP contribution in [0.15, 0.2) is 30.3 Å². The first-order valence-corrected chi connectivity index (χ1v) is 5.54. The second-order valence-electron chi connectivity index (χ2n) is 3.63. The van der Waals surface area contributed by atoms with Gasteiger partial charge in [0.05, 0.1) is 13.0 Å². The predicted molar refractivity (Wildman–Crippen MR) is 63.1 cm³/mol. The Morgan fingerprint density at radius 1 is 1.22 bits per heavy atom. The molecule has 0 amide bonds. The van der Waals surface area contributed by atoms with Crippen molar-refractivity contribution in [2.45, 2.75) is 13.3 Å². The molecule has 1 aromatic carbocycles. The van der Waals surface area contributed by atoms with Gasteiger partial charge < -0.3 is 9.84 Å². The lowest BCUT2D eigenvalue weighted by Gasteiger charge is -2.12. The van der Waals surface area contributed by atoms with Gasteiger partial charge in [-0.1, -0.05) is 30.3 Å². The van der Waals surface area contributed by atoms with E-state index < -0.39 is 30.1 Å². The molecular weight excluding hydrogens is 236 g/mol. The highest BCUT2D eigenvalue weighted by Gasteiger charge is 2.31. The minimum Gasteiger partial charge on any atom is -0.481 e. The molecule has 0 spiro atoms. The van der Waals surface area contributed by atoms with Crippen LogP contribution in [0.2, 0.25) is 0 Å². The van der Waals surface area contributed by atoms with Crippen LogP contribution in [0.3, 0.4) is 0 Å². The summed E-state index contributed by atoms with van der Waals surface area (Å²) in [5.74, 6) is -3.83. The number of carbonyl (C=O) groups is 3. The Hall–Kier alpha value is -2.17. The number of carboxylic acids is 1. The predicted octanol–water partition coefficient (Wildman–Crippen LogP) is 1.52. The van der Waals surface area contributed by atoms with E-state index in [1.807, 2.05) is 0 Å². The van der Waals surface area contributed by atoms with Crippen molar-refractivity contribution in [2.24, 2.45) is 5.92 Å². The second-order valence-corrected chi connectivity index (χ2v) is 3.63. The fourth-order valence-corrected chi connectivity index (χ4v) is 1.50. The topological polar surface area (TPSA) is 80.7 Å². The Kier molecular flexibility index (Phi) is 5.05. The number of ketones is 1. The summed E-state index contributed by atoms with van der Waals surface area (Å²) in [5.41, 5.74) is 0.303. The molecule has 5 heteroatoms. The van der Waals surface area contributed by atoms with Gasteiger partial charge in [-0.2, -0.15) is 0 Å². The van der Waals surface area contributed by atoms with Crippen molar-refractivity contribution < 1.29 is 24.2 Å². The quantitative estimate of drug-likeness (QED) is 0.470. The van der Waals surface area contributed by atoms with Gasteiger partial charge in [-0.3, -0.25) is 14.4 Å². The number of carbonyl (C=O) groups excluding carboxylic acids is 2. The van der Waals surface area contributed by atoms with Crippen molar-refractivity contribution >= 4 is 17.7 Å². The second kappa shape index (κ2) is 6.54. The van der Waals surface area contributed by atoms with E-state index in [1.54, 1.807) is 25.1 Å². The number of hydrogen-bond acceptors (Lipinski definition) is 4. The van der Waals surface area contributed by atoms with Crippen molar-refractivity contribution in [3.63, 3.8) is 0 Å². The van der Waals surface area contributed by atoms with Crippen molar-refractivity contribution in [3.8, 4) is 0 Å². The first-order valence-electron chi connectivity index (χ1n) is 5.54. The van der Waals surface area contributed by atoms with Crippen molar-refractivity contribution in [1.82, 2.24) is 0 Å². The maximum absolute atomic E-state index is 12.0. The van der Waals surface area contributed by atoms with E-state index in [-0.39, 0.29) is 6.61 Å². The first-order chi connectivity index (χ1) is 8.56. The summed E-state index contributed by atoms with van der Waals surface area (Å²) in [7, 11) is 0. The highest BCUT2D eigenvalue weighted by molar-refractivity contribution is 6.10. The number of hydrogen-bond donors (Lipinski definition) is 1. The fraction of sp³-hybridized carbons (Fsp3) is 0.308. The normalized spacial score (nSPS) is 11.6. The summed E-state index contributed by atoms with van der Waals surface area (Å²) < 4.78 is 4.72. The van der Waals surface area contributed by atoms with Crippen LogP contribution in [0.1, 0.15) is 23.7 Å².